The summed E-state index contributed by atoms with van der Waals surface area (Å²) in [4.78, 5) is 45.1. The number of halogens is 1. The molecule has 0 radical (unpaired) electrons. The molecular formula is C15H9ClN4O5. The number of nitro benzene ring substituents is 1. The van der Waals surface area contributed by atoms with Crippen molar-refractivity contribution >= 4 is 41.2 Å². The molecule has 1 aliphatic rings. The Morgan fingerprint density at radius 2 is 1.80 bits per heavy atom. The van der Waals surface area contributed by atoms with Gasteiger partial charge in [0.2, 0.25) is 0 Å². The summed E-state index contributed by atoms with van der Waals surface area (Å²) >= 11 is 5.80. The first-order valence-corrected chi connectivity index (χ1v) is 7.24. The lowest BCUT2D eigenvalue weighted by Gasteiger charge is -2.14. The van der Waals surface area contributed by atoms with E-state index in [9.17, 15) is 24.5 Å². The third-order valence-electron chi connectivity index (χ3n) is 3.42. The molecule has 0 bridgehead atoms. The molecule has 1 fully saturated rings. The first-order valence-electron chi connectivity index (χ1n) is 6.87. The van der Waals surface area contributed by atoms with Gasteiger partial charge >= 0.3 is 6.03 Å². The average Bonchev–Trinajstić information content (AvgIpc) is 2.99. The molecule has 9 nitrogen and oxygen atoms in total. The number of benzene rings is 1. The van der Waals surface area contributed by atoms with Gasteiger partial charge in [-0.2, -0.15) is 0 Å². The maximum Gasteiger partial charge on any atom is 0.328 e. The van der Waals surface area contributed by atoms with Crippen LogP contribution in [0.25, 0.3) is 11.8 Å². The lowest BCUT2D eigenvalue weighted by molar-refractivity contribution is -0.384. The summed E-state index contributed by atoms with van der Waals surface area (Å²) in [6.45, 7) is 0. The number of nitrogens with one attached hydrogen (secondary N) is 2. The van der Waals surface area contributed by atoms with E-state index in [0.717, 1.165) is 0 Å². The van der Waals surface area contributed by atoms with Crippen molar-refractivity contribution in [1.29, 1.82) is 0 Å². The summed E-state index contributed by atoms with van der Waals surface area (Å²) in [7, 11) is 0. The number of carbonyl (C=O) groups is 3. The van der Waals surface area contributed by atoms with Gasteiger partial charge in [-0.05, 0) is 30.3 Å². The number of carbonyl (C=O) groups excluding carboxylic acids is 3. The van der Waals surface area contributed by atoms with Crippen LogP contribution in [-0.2, 0) is 9.59 Å². The molecule has 3 rings (SSSR count). The third kappa shape index (κ3) is 3.12. The number of barbiturate groups is 1. The zero-order valence-corrected chi connectivity index (χ0v) is 13.1. The van der Waals surface area contributed by atoms with Gasteiger partial charge in [-0.1, -0.05) is 11.6 Å². The molecule has 1 saturated heterocycles. The molecule has 1 aliphatic heterocycles. The molecule has 0 spiro atoms. The summed E-state index contributed by atoms with van der Waals surface area (Å²) < 4.78 is 1.54. The van der Waals surface area contributed by atoms with Gasteiger partial charge < -0.3 is 4.57 Å². The fourth-order valence-electron chi connectivity index (χ4n) is 2.29. The lowest BCUT2D eigenvalue weighted by Crippen LogP contribution is -2.51. The Morgan fingerprint density at radius 1 is 1.12 bits per heavy atom. The van der Waals surface area contributed by atoms with E-state index in [1.54, 1.807) is 24.4 Å². The molecule has 0 aliphatic carbocycles. The van der Waals surface area contributed by atoms with Crippen LogP contribution in [0.3, 0.4) is 0 Å². The number of imide groups is 2. The maximum atomic E-state index is 11.8. The van der Waals surface area contributed by atoms with Crippen molar-refractivity contribution in [3.63, 3.8) is 0 Å². The van der Waals surface area contributed by atoms with Crippen LogP contribution in [0.2, 0.25) is 5.02 Å². The molecule has 4 amide bonds. The Labute approximate surface area is 145 Å². The fourth-order valence-corrected chi connectivity index (χ4v) is 2.48. The van der Waals surface area contributed by atoms with Gasteiger partial charge in [0.05, 0.1) is 10.6 Å². The molecule has 0 saturated carbocycles. The molecule has 0 unspecified atom stereocenters. The predicted octanol–water partition coefficient (Wildman–Crippen LogP) is 1.79. The monoisotopic (exact) mass is 360 g/mol. The SMILES string of the molecule is O=C1NC(=O)C(=Cc2cccn2-c2ccc(Cl)c([N+](=O)[O-])c2)C(=O)N1. The van der Waals surface area contributed by atoms with Crippen LogP contribution in [0.5, 0.6) is 0 Å². The van der Waals surface area contributed by atoms with Crippen LogP contribution in [0.4, 0.5) is 10.5 Å². The van der Waals surface area contributed by atoms with Gasteiger partial charge in [-0.15, -0.1) is 0 Å². The first-order chi connectivity index (χ1) is 11.9. The van der Waals surface area contributed by atoms with Crippen molar-refractivity contribution in [3.8, 4) is 5.69 Å². The maximum absolute atomic E-state index is 11.8. The van der Waals surface area contributed by atoms with Crippen LogP contribution >= 0.6 is 11.6 Å². The minimum atomic E-state index is -0.893. The van der Waals surface area contributed by atoms with Crippen molar-refractivity contribution < 1.29 is 19.3 Å². The van der Waals surface area contributed by atoms with E-state index >= 15 is 0 Å². The van der Waals surface area contributed by atoms with Crippen LogP contribution in [0.1, 0.15) is 5.69 Å². The number of rotatable bonds is 3. The van der Waals surface area contributed by atoms with Gasteiger partial charge in [0.25, 0.3) is 17.5 Å². The van der Waals surface area contributed by atoms with Gasteiger partial charge in [-0.3, -0.25) is 30.3 Å². The Balaban J connectivity index is 2.05. The van der Waals surface area contributed by atoms with E-state index < -0.39 is 22.8 Å². The number of nitro groups is 1. The van der Waals surface area contributed by atoms with Gasteiger partial charge in [-0.25, -0.2) is 4.79 Å². The van der Waals surface area contributed by atoms with E-state index in [1.165, 1.54) is 22.8 Å². The molecule has 126 valence electrons. The van der Waals surface area contributed by atoms with E-state index in [0.29, 0.717) is 11.4 Å². The van der Waals surface area contributed by atoms with E-state index in [2.05, 4.69) is 0 Å². The van der Waals surface area contributed by atoms with Gasteiger partial charge in [0.15, 0.2) is 0 Å². The summed E-state index contributed by atoms with van der Waals surface area (Å²) in [6, 6.07) is 6.55. The molecule has 10 heteroatoms. The number of hydrogen-bond acceptors (Lipinski definition) is 5. The van der Waals surface area contributed by atoms with Gasteiger partial charge in [0, 0.05) is 18.0 Å². The van der Waals surface area contributed by atoms with Crippen LogP contribution < -0.4 is 10.6 Å². The number of amides is 4. The average molecular weight is 361 g/mol. The third-order valence-corrected chi connectivity index (χ3v) is 3.74. The summed E-state index contributed by atoms with van der Waals surface area (Å²) in [5.41, 5.74) is 0.292. The second kappa shape index (κ2) is 6.21. The number of nitrogens with zero attached hydrogens (tertiary/aromatic N) is 2. The minimum absolute atomic E-state index is 0.00893. The molecule has 25 heavy (non-hydrogen) atoms. The van der Waals surface area contributed by atoms with E-state index in [1.807, 2.05) is 10.6 Å². The standard InChI is InChI=1S/C15H9ClN4O5/c16-11-4-3-9(7-12(11)20(24)25)19-5-1-2-8(19)6-10-13(21)17-15(23)18-14(10)22/h1-7H,(H2,17,18,21,22,23). The Morgan fingerprint density at radius 3 is 2.44 bits per heavy atom. The Hall–Kier alpha value is -3.46. The zero-order chi connectivity index (χ0) is 18.1. The van der Waals surface area contributed by atoms with Crippen molar-refractivity contribution in [3.05, 3.63) is 62.9 Å². The smallest absolute Gasteiger partial charge is 0.317 e. The molecule has 0 atom stereocenters. The Bertz CT molecular complexity index is 941. The summed E-state index contributed by atoms with van der Waals surface area (Å²) in [5, 5.41) is 15.0. The number of hydrogen-bond donors (Lipinski definition) is 2. The van der Waals surface area contributed by atoms with Crippen LogP contribution in [0, 0.1) is 10.1 Å². The molecule has 2 aromatic rings. The molecule has 2 N–H and O–H groups in total. The highest BCUT2D eigenvalue weighted by molar-refractivity contribution is 6.32. The lowest BCUT2D eigenvalue weighted by atomic mass is 10.1. The van der Waals surface area contributed by atoms with Crippen molar-refractivity contribution in [2.24, 2.45) is 0 Å². The second-order valence-corrected chi connectivity index (χ2v) is 5.40. The number of aromatic nitrogens is 1. The molecule has 1 aromatic heterocycles. The summed E-state index contributed by atoms with van der Waals surface area (Å²) in [6.07, 6.45) is 2.88. The zero-order valence-electron chi connectivity index (χ0n) is 12.4. The van der Waals surface area contributed by atoms with E-state index in [4.69, 9.17) is 11.6 Å². The topological polar surface area (TPSA) is 123 Å². The number of urea groups is 1. The molecular weight excluding hydrogens is 352 g/mol. The van der Waals surface area contributed by atoms with Crippen molar-refractivity contribution in [1.82, 2.24) is 15.2 Å². The fraction of sp³-hybridized carbons (Fsp3) is 0. The highest BCUT2D eigenvalue weighted by Gasteiger charge is 2.28. The predicted molar refractivity (Wildman–Crippen MR) is 87.1 cm³/mol. The van der Waals surface area contributed by atoms with Crippen molar-refractivity contribution in [2.45, 2.75) is 0 Å². The van der Waals surface area contributed by atoms with Crippen LogP contribution in [-0.4, -0.2) is 27.3 Å². The summed E-state index contributed by atoms with van der Waals surface area (Å²) in [5.74, 6) is -1.66. The molecule has 1 aromatic carbocycles. The molecule has 2 heterocycles. The van der Waals surface area contributed by atoms with Gasteiger partial charge in [0.1, 0.15) is 10.6 Å². The van der Waals surface area contributed by atoms with Crippen molar-refractivity contribution in [2.75, 3.05) is 0 Å². The second-order valence-electron chi connectivity index (χ2n) is 4.99. The quantitative estimate of drug-likeness (QED) is 0.374. The largest absolute Gasteiger partial charge is 0.328 e. The van der Waals surface area contributed by atoms with Crippen LogP contribution in [0.15, 0.2) is 42.1 Å². The highest BCUT2D eigenvalue weighted by Crippen LogP contribution is 2.28. The first kappa shape index (κ1) is 16.4. The van der Waals surface area contributed by atoms with E-state index in [-0.39, 0.29) is 16.3 Å². The minimum Gasteiger partial charge on any atom is -0.317 e. The Kier molecular flexibility index (Phi) is 4.07. The highest BCUT2D eigenvalue weighted by atomic mass is 35.5. The normalized spacial score (nSPS) is 14.1.